The number of carbonyl (C=O) groups excluding carboxylic acids is 4. The third kappa shape index (κ3) is 6.70. The zero-order valence-corrected chi connectivity index (χ0v) is 19.9. The average molecular weight is 498 g/mol. The molecule has 2 aromatic carbocycles. The molecule has 0 aliphatic carbocycles. The molecule has 0 fully saturated rings. The monoisotopic (exact) mass is 497 g/mol. The molecule has 9 nitrogen and oxygen atoms in total. The van der Waals surface area contributed by atoms with Gasteiger partial charge in [0, 0.05) is 7.05 Å². The number of nitrogens with zero attached hydrogens (tertiary/aromatic N) is 1. The molecule has 0 spiro atoms. The van der Waals surface area contributed by atoms with Crippen molar-refractivity contribution in [1.29, 1.82) is 0 Å². The molecule has 0 aliphatic heterocycles. The van der Waals surface area contributed by atoms with E-state index in [9.17, 15) is 19.2 Å². The second-order valence-electron chi connectivity index (χ2n) is 7.51. The van der Waals surface area contributed by atoms with Gasteiger partial charge in [0.25, 0.3) is 17.7 Å². The molecule has 1 aromatic heterocycles. The Morgan fingerprint density at radius 1 is 0.971 bits per heavy atom. The van der Waals surface area contributed by atoms with Crippen LogP contribution in [-0.4, -0.2) is 43.4 Å². The fourth-order valence-corrected chi connectivity index (χ4v) is 3.32. The number of halogens is 1. The summed E-state index contributed by atoms with van der Waals surface area (Å²) in [6.07, 6.45) is 1.51. The van der Waals surface area contributed by atoms with Crippen LogP contribution in [0.5, 0.6) is 0 Å². The number of rotatable bonds is 9. The highest BCUT2D eigenvalue weighted by Crippen LogP contribution is 2.20. The van der Waals surface area contributed by atoms with Gasteiger partial charge in [-0.3, -0.25) is 14.4 Å². The van der Waals surface area contributed by atoms with Gasteiger partial charge in [-0.05, 0) is 43.3 Å². The third-order valence-electron chi connectivity index (χ3n) is 5.04. The molecule has 0 unspecified atom stereocenters. The average Bonchev–Trinajstić information content (AvgIpc) is 3.39. The van der Waals surface area contributed by atoms with Crippen LogP contribution in [0.2, 0.25) is 5.02 Å². The highest BCUT2D eigenvalue weighted by molar-refractivity contribution is 6.33. The van der Waals surface area contributed by atoms with Crippen LogP contribution in [0, 0.1) is 0 Å². The number of ether oxygens (including phenoxy) is 1. The number of nitrogens with one attached hydrogen (secondary N) is 2. The summed E-state index contributed by atoms with van der Waals surface area (Å²) in [4.78, 5) is 51.2. The predicted octanol–water partition coefficient (Wildman–Crippen LogP) is 3.19. The number of furan rings is 1. The Hall–Kier alpha value is -4.11. The zero-order valence-electron chi connectivity index (χ0n) is 19.1. The van der Waals surface area contributed by atoms with E-state index in [1.54, 1.807) is 54.6 Å². The third-order valence-corrected chi connectivity index (χ3v) is 5.37. The number of amides is 3. The number of carbonyl (C=O) groups is 4. The summed E-state index contributed by atoms with van der Waals surface area (Å²) in [5.41, 5.74) is 0.818. The van der Waals surface area contributed by atoms with E-state index in [-0.39, 0.29) is 22.7 Å². The molecule has 1 heterocycles. The van der Waals surface area contributed by atoms with Crippen molar-refractivity contribution in [1.82, 2.24) is 10.6 Å². The lowest BCUT2D eigenvalue weighted by Crippen LogP contribution is -2.41. The Morgan fingerprint density at radius 2 is 1.66 bits per heavy atom. The molecule has 0 bridgehead atoms. The van der Waals surface area contributed by atoms with Crippen molar-refractivity contribution in [2.45, 2.75) is 19.5 Å². The minimum Gasteiger partial charge on any atom is -0.467 e. The number of esters is 1. The van der Waals surface area contributed by atoms with E-state index in [1.165, 1.54) is 31.2 Å². The summed E-state index contributed by atoms with van der Waals surface area (Å²) in [6.45, 7) is 1.04. The molecule has 182 valence electrons. The fourth-order valence-electron chi connectivity index (χ4n) is 3.10. The first-order chi connectivity index (χ1) is 16.8. The molecule has 0 radical (unpaired) electrons. The van der Waals surface area contributed by atoms with Crippen LogP contribution in [0.1, 0.15) is 33.4 Å². The van der Waals surface area contributed by atoms with Crippen LogP contribution in [0.4, 0.5) is 5.69 Å². The molecule has 0 saturated carbocycles. The Balaban J connectivity index is 1.56. The van der Waals surface area contributed by atoms with Gasteiger partial charge >= 0.3 is 5.97 Å². The summed E-state index contributed by atoms with van der Waals surface area (Å²) in [5.74, 6) is -1.71. The van der Waals surface area contributed by atoms with E-state index in [1.807, 2.05) is 0 Å². The number of anilines is 1. The van der Waals surface area contributed by atoms with E-state index in [0.29, 0.717) is 11.4 Å². The van der Waals surface area contributed by atoms with Crippen LogP contribution in [0.15, 0.2) is 71.3 Å². The Kier molecular flexibility index (Phi) is 8.63. The second kappa shape index (κ2) is 11.8. The van der Waals surface area contributed by atoms with Crippen molar-refractivity contribution in [3.8, 4) is 0 Å². The molecule has 10 heteroatoms. The maximum Gasteiger partial charge on any atom is 0.328 e. The van der Waals surface area contributed by atoms with Crippen LogP contribution >= 0.6 is 11.6 Å². The summed E-state index contributed by atoms with van der Waals surface area (Å²) in [6, 6.07) is 15.4. The smallest absolute Gasteiger partial charge is 0.328 e. The van der Waals surface area contributed by atoms with Gasteiger partial charge in [0.15, 0.2) is 6.61 Å². The summed E-state index contributed by atoms with van der Waals surface area (Å²) in [7, 11) is 1.47. The topological polar surface area (TPSA) is 118 Å². The minimum atomic E-state index is -1.02. The lowest BCUT2D eigenvalue weighted by atomic mass is 10.1. The van der Waals surface area contributed by atoms with Gasteiger partial charge < -0.3 is 24.7 Å². The van der Waals surface area contributed by atoms with E-state index in [2.05, 4.69) is 10.6 Å². The van der Waals surface area contributed by atoms with E-state index in [4.69, 9.17) is 20.8 Å². The number of hydrogen-bond donors (Lipinski definition) is 2. The van der Waals surface area contributed by atoms with E-state index < -0.39 is 36.3 Å². The first-order valence-electron chi connectivity index (χ1n) is 10.7. The van der Waals surface area contributed by atoms with Crippen LogP contribution < -0.4 is 15.5 Å². The lowest BCUT2D eigenvalue weighted by Gasteiger charge is -2.21. The standard InChI is InChI=1S/C25H24ClN3O6/c1-16(28-24(32)18-9-3-5-11-20(18)26)25(33)35-15-22(30)29(2)21-12-6-4-10-19(21)23(31)27-14-17-8-7-13-34-17/h3-13,16H,14-15H2,1-2H3,(H,27,31)(H,28,32)/t16-/m0/s1. The molecule has 1 atom stereocenters. The molecule has 3 amide bonds. The highest BCUT2D eigenvalue weighted by Gasteiger charge is 2.23. The van der Waals surface area contributed by atoms with Crippen LogP contribution in [-0.2, 0) is 20.9 Å². The molecule has 35 heavy (non-hydrogen) atoms. The van der Waals surface area contributed by atoms with Crippen molar-refractivity contribution < 1.29 is 28.3 Å². The Morgan fingerprint density at radius 3 is 2.34 bits per heavy atom. The molecule has 2 N–H and O–H groups in total. The van der Waals surface area contributed by atoms with Crippen LogP contribution in [0.3, 0.4) is 0 Å². The normalized spacial score (nSPS) is 11.3. The predicted molar refractivity (Wildman–Crippen MR) is 129 cm³/mol. The van der Waals surface area contributed by atoms with Gasteiger partial charge in [0.1, 0.15) is 11.8 Å². The first kappa shape index (κ1) is 25.5. The maximum absolute atomic E-state index is 12.7. The maximum atomic E-state index is 12.7. The van der Waals surface area contributed by atoms with Gasteiger partial charge in [0.05, 0.1) is 34.6 Å². The number of likely N-dealkylation sites (N-methyl/N-ethyl adjacent to an activating group) is 1. The summed E-state index contributed by atoms with van der Waals surface area (Å²) < 4.78 is 10.3. The van der Waals surface area contributed by atoms with Crippen molar-refractivity contribution >= 4 is 41.0 Å². The van der Waals surface area contributed by atoms with Gasteiger partial charge in [-0.15, -0.1) is 0 Å². The van der Waals surface area contributed by atoms with Crippen molar-refractivity contribution in [2.24, 2.45) is 0 Å². The molecule has 3 aromatic rings. The Bertz CT molecular complexity index is 1210. The van der Waals surface area contributed by atoms with Gasteiger partial charge in [-0.1, -0.05) is 35.9 Å². The molecule has 0 aliphatic rings. The summed E-state index contributed by atoms with van der Waals surface area (Å²) >= 11 is 6.00. The highest BCUT2D eigenvalue weighted by atomic mass is 35.5. The fraction of sp³-hybridized carbons (Fsp3) is 0.200. The van der Waals surface area contributed by atoms with Gasteiger partial charge in [-0.25, -0.2) is 4.79 Å². The van der Waals surface area contributed by atoms with Gasteiger partial charge in [0.2, 0.25) is 0 Å². The van der Waals surface area contributed by atoms with E-state index in [0.717, 1.165) is 0 Å². The Labute approximate surface area is 207 Å². The SMILES string of the molecule is C[C@H](NC(=O)c1ccccc1Cl)C(=O)OCC(=O)N(C)c1ccccc1C(=O)NCc1ccco1. The lowest BCUT2D eigenvalue weighted by molar-refractivity contribution is -0.149. The quantitative estimate of drug-likeness (QED) is 0.438. The molecule has 3 rings (SSSR count). The minimum absolute atomic E-state index is 0.188. The number of para-hydroxylation sites is 1. The van der Waals surface area contributed by atoms with E-state index >= 15 is 0 Å². The first-order valence-corrected chi connectivity index (χ1v) is 11.0. The van der Waals surface area contributed by atoms with Crippen molar-refractivity contribution in [3.63, 3.8) is 0 Å². The van der Waals surface area contributed by atoms with Crippen molar-refractivity contribution in [2.75, 3.05) is 18.6 Å². The second-order valence-corrected chi connectivity index (χ2v) is 7.92. The molecular weight excluding hydrogens is 474 g/mol. The van der Waals surface area contributed by atoms with Gasteiger partial charge in [-0.2, -0.15) is 0 Å². The number of benzene rings is 2. The number of hydrogen-bond acceptors (Lipinski definition) is 6. The largest absolute Gasteiger partial charge is 0.467 e. The molecular formula is C25H24ClN3O6. The van der Waals surface area contributed by atoms with Crippen LogP contribution in [0.25, 0.3) is 0 Å². The molecule has 0 saturated heterocycles. The van der Waals surface area contributed by atoms with Crippen molar-refractivity contribution in [3.05, 3.63) is 88.8 Å². The zero-order chi connectivity index (χ0) is 25.4. The summed E-state index contributed by atoms with van der Waals surface area (Å²) in [5, 5.41) is 5.46.